The lowest BCUT2D eigenvalue weighted by atomic mass is 9.88. The first-order chi connectivity index (χ1) is 14.3. The van der Waals surface area contributed by atoms with Crippen molar-refractivity contribution in [1.29, 1.82) is 0 Å². The summed E-state index contributed by atoms with van der Waals surface area (Å²) in [5.41, 5.74) is 6.11. The van der Waals surface area contributed by atoms with Gasteiger partial charge in [0.1, 0.15) is 18.0 Å². The first-order valence-corrected chi connectivity index (χ1v) is 10.0. The molecule has 1 atom stereocenters. The van der Waals surface area contributed by atoms with E-state index in [4.69, 9.17) is 10.6 Å². The molecule has 2 fully saturated rings. The largest absolute Gasteiger partial charge is 0.477 e. The summed E-state index contributed by atoms with van der Waals surface area (Å²) in [6.07, 6.45) is 3.16. The Morgan fingerprint density at radius 1 is 1.43 bits per heavy atom. The van der Waals surface area contributed by atoms with Gasteiger partial charge in [-0.05, 0) is 31.9 Å². The molecule has 4 rings (SSSR count). The predicted octanol–water partition coefficient (Wildman–Crippen LogP) is 2.35. The molecular weight excluding hydrogens is 391 g/mol. The van der Waals surface area contributed by atoms with E-state index in [-0.39, 0.29) is 17.0 Å². The van der Waals surface area contributed by atoms with Gasteiger partial charge < -0.3 is 25.1 Å². The van der Waals surface area contributed by atoms with Crippen LogP contribution in [0, 0.1) is 11.2 Å². The van der Waals surface area contributed by atoms with E-state index in [1.807, 2.05) is 18.7 Å². The maximum atomic E-state index is 15.1. The maximum absolute atomic E-state index is 15.1. The molecule has 0 spiro atoms. The number of pyridine rings is 1. The molecule has 1 unspecified atom stereocenters. The lowest BCUT2D eigenvalue weighted by molar-refractivity contribution is 0.0695. The van der Waals surface area contributed by atoms with Gasteiger partial charge in [0, 0.05) is 36.1 Å². The Morgan fingerprint density at radius 2 is 2.17 bits per heavy atom. The van der Waals surface area contributed by atoms with Crippen LogP contribution in [0.1, 0.15) is 43.1 Å². The number of hydrogen-bond donors (Lipinski definition) is 2. The van der Waals surface area contributed by atoms with Crippen LogP contribution < -0.4 is 16.1 Å². The number of carboxylic acids is 1. The summed E-state index contributed by atoms with van der Waals surface area (Å²) in [4.78, 5) is 31.2. The van der Waals surface area contributed by atoms with Crippen LogP contribution in [-0.2, 0) is 4.84 Å². The first kappa shape index (κ1) is 20.3. The Bertz CT molecular complexity index is 1110. The summed E-state index contributed by atoms with van der Waals surface area (Å²) in [6.45, 7) is 5.37. The molecule has 9 heteroatoms. The lowest BCUT2D eigenvalue weighted by Crippen LogP contribution is -2.36. The average molecular weight is 416 g/mol. The number of carboxylic acid groups (broad SMARTS) is 1. The normalized spacial score (nSPS) is 22.8. The van der Waals surface area contributed by atoms with Gasteiger partial charge >= 0.3 is 5.97 Å². The molecule has 2 aromatic rings. The number of halogens is 1. The summed E-state index contributed by atoms with van der Waals surface area (Å²) in [7, 11) is 0. The Labute approximate surface area is 172 Å². The molecule has 0 bridgehead atoms. The number of aromatic nitrogens is 1. The average Bonchev–Trinajstić information content (AvgIpc) is 3.50. The molecule has 30 heavy (non-hydrogen) atoms. The van der Waals surface area contributed by atoms with Crippen molar-refractivity contribution >= 4 is 28.3 Å². The highest BCUT2D eigenvalue weighted by Crippen LogP contribution is 2.39. The number of aromatic carboxylic acids is 1. The van der Waals surface area contributed by atoms with E-state index in [1.165, 1.54) is 6.20 Å². The monoisotopic (exact) mass is 416 g/mol. The van der Waals surface area contributed by atoms with Gasteiger partial charge in [-0.15, -0.1) is 0 Å². The Morgan fingerprint density at radius 3 is 2.77 bits per heavy atom. The molecule has 1 saturated carbocycles. The van der Waals surface area contributed by atoms with Gasteiger partial charge in [-0.2, -0.15) is 0 Å². The SMILES string of the molecule is CCON=C1CN(c2cc3c(cc2F)c(=O)c(C(=O)O)cn3C2CC2)CC1(C)CN. The third kappa shape index (κ3) is 3.32. The topological polar surface area (TPSA) is 110 Å². The molecule has 8 nitrogen and oxygen atoms in total. The molecule has 1 aromatic heterocycles. The number of hydrogen-bond acceptors (Lipinski definition) is 6. The van der Waals surface area contributed by atoms with E-state index < -0.39 is 22.6 Å². The number of nitrogens with zero attached hydrogens (tertiary/aromatic N) is 3. The third-order valence-electron chi connectivity index (χ3n) is 5.94. The van der Waals surface area contributed by atoms with Crippen molar-refractivity contribution in [2.24, 2.45) is 16.3 Å². The summed E-state index contributed by atoms with van der Waals surface area (Å²) < 4.78 is 16.9. The van der Waals surface area contributed by atoms with Gasteiger partial charge in [-0.1, -0.05) is 12.1 Å². The van der Waals surface area contributed by atoms with Gasteiger partial charge in [0.2, 0.25) is 5.43 Å². The van der Waals surface area contributed by atoms with E-state index >= 15 is 4.39 Å². The number of carbonyl (C=O) groups is 1. The minimum absolute atomic E-state index is 0.0760. The zero-order valence-corrected chi connectivity index (χ0v) is 17.0. The fourth-order valence-corrected chi connectivity index (χ4v) is 3.98. The molecule has 1 aliphatic carbocycles. The number of benzene rings is 1. The summed E-state index contributed by atoms with van der Waals surface area (Å²) in [6, 6.07) is 2.90. The predicted molar refractivity (Wildman–Crippen MR) is 112 cm³/mol. The molecule has 2 aliphatic rings. The van der Waals surface area contributed by atoms with Crippen LogP contribution in [0.4, 0.5) is 10.1 Å². The highest BCUT2D eigenvalue weighted by molar-refractivity contribution is 5.98. The molecular formula is C21H25FN4O4. The van der Waals surface area contributed by atoms with Crippen molar-refractivity contribution in [1.82, 2.24) is 4.57 Å². The summed E-state index contributed by atoms with van der Waals surface area (Å²) >= 11 is 0. The van der Waals surface area contributed by atoms with Crippen LogP contribution >= 0.6 is 0 Å². The Hall–Kier alpha value is -2.94. The van der Waals surface area contributed by atoms with Gasteiger partial charge in [0.15, 0.2) is 0 Å². The molecule has 160 valence electrons. The van der Waals surface area contributed by atoms with Crippen LogP contribution in [0.5, 0.6) is 0 Å². The smallest absolute Gasteiger partial charge is 0.341 e. The van der Waals surface area contributed by atoms with Crippen LogP contribution in [0.3, 0.4) is 0 Å². The van der Waals surface area contributed by atoms with Crippen LogP contribution in [0.25, 0.3) is 10.9 Å². The zero-order valence-electron chi connectivity index (χ0n) is 17.0. The second kappa shape index (κ2) is 7.39. The van der Waals surface area contributed by atoms with Crippen LogP contribution in [0.15, 0.2) is 28.3 Å². The molecule has 1 aliphatic heterocycles. The van der Waals surface area contributed by atoms with E-state index in [9.17, 15) is 14.7 Å². The molecule has 0 amide bonds. The first-order valence-electron chi connectivity index (χ1n) is 10.0. The number of oxime groups is 1. The molecule has 2 heterocycles. The lowest BCUT2D eigenvalue weighted by Gasteiger charge is -2.24. The Kier molecular flexibility index (Phi) is 5.01. The van der Waals surface area contributed by atoms with Gasteiger partial charge in [0.05, 0.1) is 23.5 Å². The van der Waals surface area contributed by atoms with Crippen molar-refractivity contribution in [3.63, 3.8) is 0 Å². The van der Waals surface area contributed by atoms with Gasteiger partial charge in [0.25, 0.3) is 0 Å². The molecule has 3 N–H and O–H groups in total. The fourth-order valence-electron chi connectivity index (χ4n) is 3.98. The van der Waals surface area contributed by atoms with Crippen LogP contribution in [0.2, 0.25) is 0 Å². The minimum atomic E-state index is -1.31. The van der Waals surface area contributed by atoms with Crippen molar-refractivity contribution in [2.75, 3.05) is 31.1 Å². The number of rotatable bonds is 6. The highest BCUT2D eigenvalue weighted by atomic mass is 19.1. The zero-order chi connectivity index (χ0) is 21.6. The van der Waals surface area contributed by atoms with E-state index in [0.717, 1.165) is 24.6 Å². The van der Waals surface area contributed by atoms with Gasteiger partial charge in [-0.25, -0.2) is 9.18 Å². The number of anilines is 1. The second-order valence-corrected chi connectivity index (χ2v) is 8.21. The quantitative estimate of drug-likeness (QED) is 0.700. The van der Waals surface area contributed by atoms with E-state index in [2.05, 4.69) is 5.16 Å². The van der Waals surface area contributed by atoms with E-state index in [0.29, 0.717) is 37.4 Å². The molecule has 0 radical (unpaired) electrons. The van der Waals surface area contributed by atoms with Crippen molar-refractivity contribution in [3.8, 4) is 0 Å². The molecule has 1 aromatic carbocycles. The van der Waals surface area contributed by atoms with Crippen molar-refractivity contribution in [3.05, 3.63) is 39.9 Å². The highest BCUT2D eigenvalue weighted by Gasteiger charge is 2.41. The molecule has 1 saturated heterocycles. The van der Waals surface area contributed by atoms with Crippen molar-refractivity contribution in [2.45, 2.75) is 32.7 Å². The van der Waals surface area contributed by atoms with Gasteiger partial charge in [-0.3, -0.25) is 4.79 Å². The van der Waals surface area contributed by atoms with Crippen LogP contribution in [-0.4, -0.2) is 47.6 Å². The number of fused-ring (bicyclic) bond motifs is 1. The second-order valence-electron chi connectivity index (χ2n) is 8.21. The maximum Gasteiger partial charge on any atom is 0.341 e. The van der Waals surface area contributed by atoms with Crippen molar-refractivity contribution < 1.29 is 19.1 Å². The standard InChI is InChI=1S/C21H25FN4O4/c1-3-30-24-18-9-25(11-21(18,2)10-23)17-7-16-13(6-15(17)22)19(27)14(20(28)29)8-26(16)12-4-5-12/h6-8,12H,3-5,9-11,23H2,1-2H3,(H,28,29). The minimum Gasteiger partial charge on any atom is -0.477 e. The summed E-state index contributed by atoms with van der Waals surface area (Å²) in [5.74, 6) is -1.89. The summed E-state index contributed by atoms with van der Waals surface area (Å²) in [5, 5.41) is 13.6. The third-order valence-corrected chi connectivity index (χ3v) is 5.94. The van der Waals surface area contributed by atoms with E-state index in [1.54, 1.807) is 10.6 Å². The number of nitrogens with two attached hydrogens (primary N) is 1. The Balaban J connectivity index is 1.84. The fraction of sp³-hybridized carbons (Fsp3) is 0.476.